The molecule has 1 rings (SSSR count). The molecule has 0 saturated heterocycles. The maximum atomic E-state index is 3.37. The van der Waals surface area contributed by atoms with E-state index in [1.54, 1.807) is 0 Å². The summed E-state index contributed by atoms with van der Waals surface area (Å²) in [5.74, 6) is 2.89. The lowest BCUT2D eigenvalue weighted by atomic mass is 10.2. The van der Waals surface area contributed by atoms with Crippen molar-refractivity contribution in [1.82, 2.24) is 0 Å². The van der Waals surface area contributed by atoms with E-state index >= 15 is 0 Å². The van der Waals surface area contributed by atoms with Crippen LogP contribution in [-0.4, -0.2) is 10.2 Å². The fraction of sp³-hybridized carbons (Fsp3) is 0. The van der Waals surface area contributed by atoms with E-state index in [1.165, 1.54) is 0 Å². The molecule has 0 amide bonds. The minimum absolute atomic E-state index is 0.998. The average molecular weight is 208 g/mol. The van der Waals surface area contributed by atoms with Gasteiger partial charge in [-0.05, 0) is 28.1 Å². The molecule has 0 saturated carbocycles. The number of rotatable bonds is 0. The molecule has 0 fully saturated rings. The molecule has 2 heteroatoms. The van der Waals surface area contributed by atoms with E-state index in [4.69, 9.17) is 0 Å². The van der Waals surface area contributed by atoms with Crippen LogP contribution in [0.2, 0.25) is 0 Å². The van der Waals surface area contributed by atoms with E-state index < -0.39 is 0 Å². The Hall–Kier alpha value is -0.523. The molecule has 0 aliphatic carbocycles. The molecule has 0 heterocycles. The van der Waals surface area contributed by atoms with Gasteiger partial charge in [-0.3, -0.25) is 0 Å². The number of benzene rings is 1. The fourth-order valence-electron chi connectivity index (χ4n) is 0.630. The molecule has 0 unspecified atom stereocenters. The Bertz CT molecular complexity index is 283. The zero-order valence-corrected chi connectivity index (χ0v) is 7.77. The summed E-state index contributed by atoms with van der Waals surface area (Å²) in [6, 6.07) is 7.84. The van der Waals surface area contributed by atoms with Crippen molar-refractivity contribution in [2.24, 2.45) is 0 Å². The van der Waals surface area contributed by atoms with E-state index in [0.29, 0.717) is 0 Å². The highest BCUT2D eigenvalue weighted by Gasteiger charge is 1.90. The largest absolute Gasteiger partial charge is 0.147 e. The van der Waals surface area contributed by atoms with Crippen LogP contribution in [0.4, 0.5) is 0 Å². The van der Waals surface area contributed by atoms with E-state index in [0.717, 1.165) is 10.0 Å². The van der Waals surface area contributed by atoms with Crippen molar-refractivity contribution >= 4 is 26.2 Å². The Morgan fingerprint density at radius 1 is 1.30 bits per heavy atom. The first-order chi connectivity index (χ1) is 4.84. The van der Waals surface area contributed by atoms with Crippen molar-refractivity contribution in [3.63, 3.8) is 0 Å². The van der Waals surface area contributed by atoms with Crippen molar-refractivity contribution in [1.29, 1.82) is 0 Å². The third kappa shape index (κ3) is 1.73. The van der Waals surface area contributed by atoms with Gasteiger partial charge in [0.15, 0.2) is 0 Å². The second kappa shape index (κ2) is 3.60. The highest BCUT2D eigenvalue weighted by molar-refractivity contribution is 9.10. The second-order valence-corrected chi connectivity index (χ2v) is 2.83. The van der Waals surface area contributed by atoms with Crippen LogP contribution in [-0.2, 0) is 0 Å². The maximum absolute atomic E-state index is 3.37. The molecule has 0 spiro atoms. The Morgan fingerprint density at radius 3 is 2.60 bits per heavy atom. The van der Waals surface area contributed by atoms with Gasteiger partial charge in [0.2, 0.25) is 0 Å². The van der Waals surface area contributed by atoms with Crippen LogP contribution in [0.25, 0.3) is 0 Å². The van der Waals surface area contributed by atoms with Gasteiger partial charge in [-0.2, -0.15) is 0 Å². The van der Waals surface area contributed by atoms with Gasteiger partial charge in [-0.25, -0.2) is 0 Å². The zero-order chi connectivity index (χ0) is 7.40. The predicted octanol–water partition coefficient (Wildman–Crippen LogP) is 1.93. The van der Waals surface area contributed by atoms with Crippen LogP contribution in [0.3, 0.4) is 0 Å². The van der Waals surface area contributed by atoms with Crippen molar-refractivity contribution < 1.29 is 0 Å². The third-order valence-electron chi connectivity index (χ3n) is 1.07. The van der Waals surface area contributed by atoms with E-state index in [9.17, 15) is 0 Å². The summed E-state index contributed by atoms with van der Waals surface area (Å²) in [5.41, 5.74) is 3.65. The quantitative estimate of drug-likeness (QED) is 0.451. The van der Waals surface area contributed by atoms with Crippen molar-refractivity contribution in [2.45, 2.75) is 0 Å². The van der Waals surface area contributed by atoms with Crippen LogP contribution >= 0.6 is 15.9 Å². The third-order valence-corrected chi connectivity index (χ3v) is 1.89. The van der Waals surface area contributed by atoms with Crippen LogP contribution < -0.4 is 0 Å². The molecule has 0 aliphatic rings. The molecule has 10 heavy (non-hydrogen) atoms. The van der Waals surface area contributed by atoms with Gasteiger partial charge in [0.25, 0.3) is 0 Å². The van der Waals surface area contributed by atoms with Gasteiger partial charge in [-0.15, -0.1) is 5.54 Å². The smallest absolute Gasteiger partial charge is 0.133 e. The summed E-state index contributed by atoms with van der Waals surface area (Å²) in [7, 11) is 3.08. The van der Waals surface area contributed by atoms with Gasteiger partial charge in [0.05, 0.1) is 0 Å². The van der Waals surface area contributed by atoms with E-state index in [2.05, 4.69) is 37.6 Å². The lowest BCUT2D eigenvalue weighted by Crippen LogP contribution is -1.74. The molecule has 47 valence electrons. The SMILES string of the molecule is [Si]C#Cc1ccccc1Br. The Morgan fingerprint density at radius 2 is 2.00 bits per heavy atom. The molecule has 0 N–H and O–H groups in total. The zero-order valence-electron chi connectivity index (χ0n) is 5.19. The molecule has 3 radical (unpaired) electrons. The summed E-state index contributed by atoms with van der Waals surface area (Å²) in [5, 5.41) is 0. The minimum Gasteiger partial charge on any atom is -0.133 e. The standard InChI is InChI=1S/C8H4BrSi/c9-8-4-2-1-3-7(8)5-6-10/h1-4H. The van der Waals surface area contributed by atoms with Gasteiger partial charge in [-0.1, -0.05) is 18.1 Å². The van der Waals surface area contributed by atoms with Crippen LogP contribution in [0.5, 0.6) is 0 Å². The summed E-state index contributed by atoms with van der Waals surface area (Å²) in [6.07, 6.45) is 0. The first-order valence-electron chi connectivity index (χ1n) is 2.77. The lowest BCUT2D eigenvalue weighted by Gasteiger charge is -1.91. The molecule has 0 bridgehead atoms. The highest BCUT2D eigenvalue weighted by atomic mass is 79.9. The number of halogens is 1. The first kappa shape index (κ1) is 7.58. The van der Waals surface area contributed by atoms with Crippen molar-refractivity contribution in [2.75, 3.05) is 0 Å². The minimum atomic E-state index is 0.998. The molecular weight excluding hydrogens is 204 g/mol. The number of hydrogen-bond acceptors (Lipinski definition) is 0. The van der Waals surface area contributed by atoms with Gasteiger partial charge < -0.3 is 0 Å². The van der Waals surface area contributed by atoms with Gasteiger partial charge in [0.1, 0.15) is 10.2 Å². The van der Waals surface area contributed by atoms with E-state index in [-0.39, 0.29) is 0 Å². The Labute approximate surface area is 72.2 Å². The maximum Gasteiger partial charge on any atom is 0.147 e. The molecule has 1 aromatic rings. The van der Waals surface area contributed by atoms with Gasteiger partial charge >= 0.3 is 0 Å². The summed E-state index contributed by atoms with van der Waals surface area (Å²) in [6.45, 7) is 0. The molecule has 0 nitrogen and oxygen atoms in total. The Balaban J connectivity index is 3.11. The lowest BCUT2D eigenvalue weighted by molar-refractivity contribution is 1.59. The van der Waals surface area contributed by atoms with Crippen molar-refractivity contribution in [3.05, 3.63) is 34.3 Å². The molecule has 0 aromatic heterocycles. The topological polar surface area (TPSA) is 0 Å². The Kier molecular flexibility index (Phi) is 2.73. The fourth-order valence-corrected chi connectivity index (χ4v) is 1.15. The van der Waals surface area contributed by atoms with Gasteiger partial charge in [0, 0.05) is 10.0 Å². The van der Waals surface area contributed by atoms with Crippen molar-refractivity contribution in [3.8, 4) is 11.5 Å². The van der Waals surface area contributed by atoms with Crippen LogP contribution in [0, 0.1) is 11.5 Å². The predicted molar refractivity (Wildman–Crippen MR) is 46.8 cm³/mol. The summed E-state index contributed by atoms with van der Waals surface area (Å²) >= 11 is 3.37. The molecule has 1 aromatic carbocycles. The molecule has 0 aliphatic heterocycles. The normalized spacial score (nSPS) is 8.20. The summed E-state index contributed by atoms with van der Waals surface area (Å²) in [4.78, 5) is 0. The first-order valence-corrected chi connectivity index (χ1v) is 4.06. The summed E-state index contributed by atoms with van der Waals surface area (Å²) < 4.78 is 1.03. The average Bonchev–Trinajstić information content (AvgIpc) is 1.94. The molecule has 0 atom stereocenters. The monoisotopic (exact) mass is 207 g/mol. The van der Waals surface area contributed by atoms with E-state index in [1.807, 2.05) is 24.3 Å². The number of hydrogen-bond donors (Lipinski definition) is 0. The van der Waals surface area contributed by atoms with Crippen LogP contribution in [0.1, 0.15) is 5.56 Å². The highest BCUT2D eigenvalue weighted by Crippen LogP contribution is 2.13. The second-order valence-electron chi connectivity index (χ2n) is 1.73. The van der Waals surface area contributed by atoms with Crippen LogP contribution in [0.15, 0.2) is 28.7 Å². The molecular formula is C8H4BrSi.